The lowest BCUT2D eigenvalue weighted by molar-refractivity contribution is 0.386. The Bertz CT molecular complexity index is 614. The van der Waals surface area contributed by atoms with Crippen molar-refractivity contribution >= 4 is 0 Å². The molecule has 0 bridgehead atoms. The smallest absolute Gasteiger partial charge is 0.165 e. The van der Waals surface area contributed by atoms with Crippen LogP contribution in [0.25, 0.3) is 0 Å². The molecule has 0 heterocycles. The Balaban J connectivity index is 2.30. The molecule has 0 saturated carbocycles. The Morgan fingerprint density at radius 1 is 1.11 bits per heavy atom. The zero-order chi connectivity index (χ0) is 13.8. The SMILES string of the molecule is COc1ccc(C(C)c2ccc(C#N)cc2)cc1F. The van der Waals surface area contributed by atoms with Gasteiger partial charge in [-0.25, -0.2) is 4.39 Å². The fourth-order valence-corrected chi connectivity index (χ4v) is 1.99. The van der Waals surface area contributed by atoms with Crippen LogP contribution in [0, 0.1) is 17.1 Å². The number of hydrogen-bond acceptors (Lipinski definition) is 2. The van der Waals surface area contributed by atoms with Crippen LogP contribution in [-0.4, -0.2) is 7.11 Å². The van der Waals surface area contributed by atoms with Crippen LogP contribution in [0.5, 0.6) is 5.75 Å². The van der Waals surface area contributed by atoms with Gasteiger partial charge in [0, 0.05) is 5.92 Å². The van der Waals surface area contributed by atoms with Crippen molar-refractivity contribution < 1.29 is 9.13 Å². The van der Waals surface area contributed by atoms with E-state index in [0.717, 1.165) is 11.1 Å². The summed E-state index contributed by atoms with van der Waals surface area (Å²) >= 11 is 0. The summed E-state index contributed by atoms with van der Waals surface area (Å²) in [5.41, 5.74) is 2.54. The minimum absolute atomic E-state index is 0.0631. The Kier molecular flexibility index (Phi) is 3.82. The first kappa shape index (κ1) is 13.1. The molecular weight excluding hydrogens is 241 g/mol. The van der Waals surface area contributed by atoms with Gasteiger partial charge in [0.25, 0.3) is 0 Å². The number of ether oxygens (including phenoxy) is 1. The van der Waals surface area contributed by atoms with Crippen LogP contribution in [0.3, 0.4) is 0 Å². The fraction of sp³-hybridized carbons (Fsp3) is 0.188. The van der Waals surface area contributed by atoms with Crippen LogP contribution in [0.1, 0.15) is 29.5 Å². The second kappa shape index (κ2) is 5.53. The summed E-state index contributed by atoms with van der Waals surface area (Å²) in [4.78, 5) is 0. The van der Waals surface area contributed by atoms with Crippen LogP contribution in [0.4, 0.5) is 4.39 Å². The normalized spacial score (nSPS) is 11.7. The first-order chi connectivity index (χ1) is 9.15. The van der Waals surface area contributed by atoms with E-state index in [1.54, 1.807) is 18.2 Å². The average Bonchev–Trinajstić information content (AvgIpc) is 2.46. The summed E-state index contributed by atoms with van der Waals surface area (Å²) < 4.78 is 18.6. The van der Waals surface area contributed by atoms with E-state index >= 15 is 0 Å². The third kappa shape index (κ3) is 2.74. The molecule has 1 unspecified atom stereocenters. The van der Waals surface area contributed by atoms with Gasteiger partial charge >= 0.3 is 0 Å². The lowest BCUT2D eigenvalue weighted by Crippen LogP contribution is -1.98. The highest BCUT2D eigenvalue weighted by atomic mass is 19.1. The van der Waals surface area contributed by atoms with Gasteiger partial charge in [0.05, 0.1) is 18.7 Å². The summed E-state index contributed by atoms with van der Waals surface area (Å²) in [6.45, 7) is 2.00. The zero-order valence-corrected chi connectivity index (χ0v) is 10.9. The number of nitrogens with zero attached hydrogens (tertiary/aromatic N) is 1. The number of nitriles is 1. The Morgan fingerprint density at radius 2 is 1.74 bits per heavy atom. The summed E-state index contributed by atoms with van der Waals surface area (Å²) in [7, 11) is 1.45. The first-order valence-corrected chi connectivity index (χ1v) is 5.99. The molecule has 2 aromatic carbocycles. The maximum atomic E-state index is 13.7. The number of halogens is 1. The van der Waals surface area contributed by atoms with E-state index in [9.17, 15) is 4.39 Å². The molecule has 2 aromatic rings. The summed E-state index contributed by atoms with van der Waals surface area (Å²) in [6.07, 6.45) is 0. The predicted molar refractivity (Wildman–Crippen MR) is 71.6 cm³/mol. The van der Waals surface area contributed by atoms with Crippen LogP contribution in [0.15, 0.2) is 42.5 Å². The van der Waals surface area contributed by atoms with Crippen molar-refractivity contribution in [2.45, 2.75) is 12.8 Å². The maximum absolute atomic E-state index is 13.7. The van der Waals surface area contributed by atoms with Crippen LogP contribution in [0.2, 0.25) is 0 Å². The third-order valence-corrected chi connectivity index (χ3v) is 3.22. The molecule has 96 valence electrons. The molecule has 0 radical (unpaired) electrons. The van der Waals surface area contributed by atoms with Crippen molar-refractivity contribution in [3.05, 3.63) is 65.0 Å². The lowest BCUT2D eigenvalue weighted by Gasteiger charge is -2.13. The van der Waals surface area contributed by atoms with E-state index in [4.69, 9.17) is 10.00 Å². The Labute approximate surface area is 112 Å². The van der Waals surface area contributed by atoms with Gasteiger partial charge in [0.15, 0.2) is 11.6 Å². The minimum Gasteiger partial charge on any atom is -0.494 e. The lowest BCUT2D eigenvalue weighted by atomic mass is 9.92. The minimum atomic E-state index is -0.361. The topological polar surface area (TPSA) is 33.0 Å². The van der Waals surface area contributed by atoms with Gasteiger partial charge in [0.1, 0.15) is 0 Å². The van der Waals surface area contributed by atoms with Crippen molar-refractivity contribution in [2.24, 2.45) is 0 Å². The molecule has 0 aliphatic carbocycles. The molecule has 0 aliphatic heterocycles. The molecular formula is C16H14FNO. The van der Waals surface area contributed by atoms with E-state index in [-0.39, 0.29) is 17.5 Å². The van der Waals surface area contributed by atoms with Crippen molar-refractivity contribution in [3.63, 3.8) is 0 Å². The third-order valence-electron chi connectivity index (χ3n) is 3.22. The van der Waals surface area contributed by atoms with Gasteiger partial charge in [0.2, 0.25) is 0 Å². The summed E-state index contributed by atoms with van der Waals surface area (Å²) in [6, 6.07) is 14.4. The number of hydrogen-bond donors (Lipinski definition) is 0. The van der Waals surface area contributed by atoms with Gasteiger partial charge in [-0.2, -0.15) is 5.26 Å². The largest absolute Gasteiger partial charge is 0.494 e. The molecule has 0 fully saturated rings. The summed E-state index contributed by atoms with van der Waals surface area (Å²) in [5, 5.41) is 8.76. The van der Waals surface area contributed by atoms with Crippen molar-refractivity contribution in [2.75, 3.05) is 7.11 Å². The van der Waals surface area contributed by atoms with Crippen molar-refractivity contribution in [1.82, 2.24) is 0 Å². The quantitative estimate of drug-likeness (QED) is 0.834. The number of benzene rings is 2. The Hall–Kier alpha value is -2.34. The molecule has 0 amide bonds. The molecule has 0 spiro atoms. The number of rotatable bonds is 3. The average molecular weight is 255 g/mol. The van der Waals surface area contributed by atoms with E-state index in [1.807, 2.05) is 25.1 Å². The highest BCUT2D eigenvalue weighted by Gasteiger charge is 2.11. The predicted octanol–water partition coefficient (Wildman–Crippen LogP) is 3.86. The van der Waals surface area contributed by atoms with E-state index in [2.05, 4.69) is 6.07 Å². The molecule has 0 aromatic heterocycles. The molecule has 2 nitrogen and oxygen atoms in total. The van der Waals surface area contributed by atoms with E-state index in [0.29, 0.717) is 5.56 Å². The van der Waals surface area contributed by atoms with Crippen molar-refractivity contribution in [3.8, 4) is 11.8 Å². The standard InChI is InChI=1S/C16H14FNO/c1-11(13-5-3-12(10-18)4-6-13)14-7-8-16(19-2)15(17)9-14/h3-9,11H,1-2H3. The van der Waals surface area contributed by atoms with Gasteiger partial charge in [-0.3, -0.25) is 0 Å². The number of methoxy groups -OCH3 is 1. The van der Waals surface area contributed by atoms with Gasteiger partial charge in [-0.1, -0.05) is 25.1 Å². The molecule has 19 heavy (non-hydrogen) atoms. The molecule has 0 N–H and O–H groups in total. The molecule has 2 rings (SSSR count). The van der Waals surface area contributed by atoms with Crippen LogP contribution < -0.4 is 4.74 Å². The van der Waals surface area contributed by atoms with Crippen LogP contribution in [-0.2, 0) is 0 Å². The van der Waals surface area contributed by atoms with Crippen molar-refractivity contribution in [1.29, 1.82) is 5.26 Å². The highest BCUT2D eigenvalue weighted by Crippen LogP contribution is 2.27. The van der Waals surface area contributed by atoms with Gasteiger partial charge in [-0.15, -0.1) is 0 Å². The molecule has 0 aliphatic rings. The Morgan fingerprint density at radius 3 is 2.26 bits per heavy atom. The van der Waals surface area contributed by atoms with Gasteiger partial charge < -0.3 is 4.74 Å². The molecule has 0 saturated heterocycles. The maximum Gasteiger partial charge on any atom is 0.165 e. The summed E-state index contributed by atoms with van der Waals surface area (Å²) in [5.74, 6) is -0.0515. The second-order valence-electron chi connectivity index (χ2n) is 4.35. The second-order valence-corrected chi connectivity index (χ2v) is 4.35. The zero-order valence-electron chi connectivity index (χ0n) is 10.9. The fourth-order valence-electron chi connectivity index (χ4n) is 1.99. The van der Waals surface area contributed by atoms with E-state index < -0.39 is 0 Å². The van der Waals surface area contributed by atoms with E-state index in [1.165, 1.54) is 13.2 Å². The molecule has 1 atom stereocenters. The monoisotopic (exact) mass is 255 g/mol. The highest BCUT2D eigenvalue weighted by molar-refractivity contribution is 5.39. The van der Waals surface area contributed by atoms with Crippen LogP contribution >= 0.6 is 0 Å². The molecule has 3 heteroatoms. The van der Waals surface area contributed by atoms with Gasteiger partial charge in [-0.05, 0) is 35.4 Å². The first-order valence-electron chi connectivity index (χ1n) is 5.99.